The van der Waals surface area contributed by atoms with Crippen molar-refractivity contribution in [1.82, 2.24) is 4.90 Å². The van der Waals surface area contributed by atoms with E-state index < -0.39 is 14.0 Å². The fourth-order valence-electron chi connectivity index (χ4n) is 2.07. The Labute approximate surface area is 152 Å². The normalized spacial score (nSPS) is 15.9. The number of rotatable bonds is 8. The molecule has 2 aromatic rings. The van der Waals surface area contributed by atoms with Crippen molar-refractivity contribution < 1.29 is 13.0 Å². The van der Waals surface area contributed by atoms with E-state index >= 15 is 0 Å². The van der Waals surface area contributed by atoms with Gasteiger partial charge in [0.2, 0.25) is 0 Å². The molecule has 2 aromatic carbocycles. The third-order valence-corrected chi connectivity index (χ3v) is 4.48. The van der Waals surface area contributed by atoms with Crippen molar-refractivity contribution in [3.63, 3.8) is 0 Å². The fourth-order valence-corrected chi connectivity index (χ4v) is 3.03. The number of nitrogen functional groups attached to an aromatic ring is 1. The number of hydrogen-bond acceptors (Lipinski definition) is 4. The van der Waals surface area contributed by atoms with Crippen molar-refractivity contribution in [1.29, 1.82) is 0 Å². The topological polar surface area (TPSA) is 38.5 Å². The Kier molecular flexibility index (Phi) is 4.23. The second-order valence-corrected chi connectivity index (χ2v) is 6.28. The van der Waals surface area contributed by atoms with E-state index in [1.165, 1.54) is 11.8 Å². The van der Waals surface area contributed by atoms with Gasteiger partial charge in [0, 0.05) is 30.2 Å². The van der Waals surface area contributed by atoms with Gasteiger partial charge >= 0.3 is 0 Å². The minimum absolute atomic E-state index is 0.271. The minimum atomic E-state index is -2.77. The lowest BCUT2D eigenvalue weighted by Crippen LogP contribution is -2.11. The monoisotopic (exact) mass is 336 g/mol. The summed E-state index contributed by atoms with van der Waals surface area (Å²) < 4.78 is 51.6. The molecule has 0 aliphatic carbocycles. The summed E-state index contributed by atoms with van der Waals surface area (Å²) in [6, 6.07) is 12.7. The van der Waals surface area contributed by atoms with E-state index in [4.69, 9.17) is 18.7 Å². The van der Waals surface area contributed by atoms with Crippen LogP contribution in [-0.2, 0) is 6.54 Å². The lowest BCUT2D eigenvalue weighted by molar-refractivity contribution is 0.308. The van der Waals surface area contributed by atoms with Crippen LogP contribution in [0.1, 0.15) is 33.6 Å². The van der Waals surface area contributed by atoms with E-state index in [0.717, 1.165) is 22.6 Å². The first-order valence-corrected chi connectivity index (χ1v) is 8.40. The Morgan fingerprint density at radius 2 is 2.00 bits per heavy atom. The summed E-state index contributed by atoms with van der Waals surface area (Å²) in [6.45, 7) is -3.21. The van der Waals surface area contributed by atoms with E-state index in [2.05, 4.69) is 6.92 Å². The van der Waals surface area contributed by atoms with Crippen LogP contribution in [0.5, 0.6) is 5.75 Å². The Morgan fingerprint density at radius 3 is 2.74 bits per heavy atom. The molecule has 2 N–H and O–H groups in total. The SMILES string of the molecule is [2H]C([2H])([2H])N(Cc1cc(OCCCC)ccc1Sc1ccccc1N)C([2H])([2H])[2H]. The molecule has 0 bridgehead atoms. The third-order valence-electron chi connectivity index (χ3n) is 3.27. The molecule has 124 valence electrons. The zero-order chi connectivity index (χ0) is 21.7. The molecule has 0 saturated carbocycles. The van der Waals surface area contributed by atoms with Gasteiger partial charge < -0.3 is 15.4 Å². The molecule has 0 spiro atoms. The summed E-state index contributed by atoms with van der Waals surface area (Å²) >= 11 is 1.37. The van der Waals surface area contributed by atoms with E-state index in [1.54, 1.807) is 18.2 Å². The van der Waals surface area contributed by atoms with Gasteiger partial charge in [0.15, 0.2) is 0 Å². The maximum Gasteiger partial charge on any atom is 0.119 e. The van der Waals surface area contributed by atoms with E-state index in [-0.39, 0.29) is 6.54 Å². The number of ether oxygens (including phenoxy) is 1. The highest BCUT2D eigenvalue weighted by atomic mass is 32.2. The lowest BCUT2D eigenvalue weighted by Gasteiger charge is -2.16. The number of nitrogens with zero attached hydrogens (tertiary/aromatic N) is 1. The van der Waals surface area contributed by atoms with Gasteiger partial charge in [-0.1, -0.05) is 37.2 Å². The Bertz CT molecular complexity index is 796. The van der Waals surface area contributed by atoms with Crippen LogP contribution >= 0.6 is 11.8 Å². The molecule has 2 rings (SSSR count). The van der Waals surface area contributed by atoms with Crippen molar-refractivity contribution in [2.75, 3.05) is 26.3 Å². The van der Waals surface area contributed by atoms with E-state index in [0.29, 0.717) is 28.5 Å². The van der Waals surface area contributed by atoms with Crippen LogP contribution in [0.25, 0.3) is 0 Å². The van der Waals surface area contributed by atoms with Gasteiger partial charge in [-0.05, 0) is 56.3 Å². The quantitative estimate of drug-likeness (QED) is 0.562. The van der Waals surface area contributed by atoms with Crippen LogP contribution in [-0.4, -0.2) is 25.5 Å². The Hall–Kier alpha value is -1.65. The molecule has 0 aromatic heterocycles. The maximum absolute atomic E-state index is 7.65. The zero-order valence-electron chi connectivity index (χ0n) is 19.2. The minimum Gasteiger partial charge on any atom is -0.494 e. The molecule has 23 heavy (non-hydrogen) atoms. The summed E-state index contributed by atoms with van der Waals surface area (Å²) in [4.78, 5) is 2.08. The number of unbranched alkanes of at least 4 members (excludes halogenated alkanes) is 1. The highest BCUT2D eigenvalue weighted by Gasteiger charge is 2.09. The number of benzene rings is 2. The van der Waals surface area contributed by atoms with Gasteiger partial charge in [-0.2, -0.15) is 0 Å². The molecule has 3 nitrogen and oxygen atoms in total. The van der Waals surface area contributed by atoms with Crippen LogP contribution in [0, 0.1) is 0 Å². The Balaban J connectivity index is 2.40. The van der Waals surface area contributed by atoms with Gasteiger partial charge in [-0.3, -0.25) is 0 Å². The predicted octanol–water partition coefficient (Wildman–Crippen LogP) is 4.66. The molecular weight excluding hydrogens is 304 g/mol. The van der Waals surface area contributed by atoms with Crippen molar-refractivity contribution in [3.05, 3.63) is 48.0 Å². The molecule has 0 saturated heterocycles. The van der Waals surface area contributed by atoms with Crippen molar-refractivity contribution >= 4 is 17.4 Å². The molecule has 0 aliphatic heterocycles. The second-order valence-electron chi connectivity index (χ2n) is 5.20. The number of anilines is 1. The summed E-state index contributed by atoms with van der Waals surface area (Å²) in [6.07, 6.45) is 1.88. The average Bonchev–Trinajstić information content (AvgIpc) is 2.61. The van der Waals surface area contributed by atoms with Crippen LogP contribution < -0.4 is 10.5 Å². The van der Waals surface area contributed by atoms with Crippen molar-refractivity contribution in [2.45, 2.75) is 36.1 Å². The highest BCUT2D eigenvalue weighted by Crippen LogP contribution is 2.35. The van der Waals surface area contributed by atoms with Gasteiger partial charge in [0.05, 0.1) is 6.61 Å². The van der Waals surface area contributed by atoms with Gasteiger partial charge in [-0.25, -0.2) is 0 Å². The standard InChI is InChI=1S/C19H26N2OS/c1-4-5-12-22-16-10-11-18(15(13-16)14-21(2)3)23-19-9-7-6-8-17(19)20/h6-11,13H,4-5,12,14,20H2,1-3H3/i2D3,3D3. The molecule has 0 heterocycles. The first-order valence-electron chi connectivity index (χ1n) is 10.6. The summed E-state index contributed by atoms with van der Waals surface area (Å²) in [5.41, 5.74) is 7.18. The highest BCUT2D eigenvalue weighted by molar-refractivity contribution is 7.99. The second kappa shape index (κ2) is 8.85. The van der Waals surface area contributed by atoms with Crippen molar-refractivity contribution in [2.24, 2.45) is 0 Å². The Morgan fingerprint density at radius 1 is 1.17 bits per heavy atom. The summed E-state index contributed by atoms with van der Waals surface area (Å²) in [5.74, 6) is 0.579. The summed E-state index contributed by atoms with van der Waals surface area (Å²) in [7, 11) is 0. The molecule has 0 aliphatic rings. The summed E-state index contributed by atoms with van der Waals surface area (Å²) in [5, 5.41) is 0. The molecule has 4 heteroatoms. The number of nitrogens with two attached hydrogens (primary N) is 1. The number of para-hydroxylation sites is 1. The first-order chi connectivity index (χ1) is 13.5. The largest absolute Gasteiger partial charge is 0.494 e. The van der Waals surface area contributed by atoms with Gasteiger partial charge in [-0.15, -0.1) is 0 Å². The molecule has 0 radical (unpaired) electrons. The average molecular weight is 337 g/mol. The van der Waals surface area contributed by atoms with Crippen molar-refractivity contribution in [3.8, 4) is 5.75 Å². The third kappa shape index (κ3) is 5.48. The molecule has 0 fully saturated rings. The fraction of sp³-hybridized carbons (Fsp3) is 0.368. The lowest BCUT2D eigenvalue weighted by atomic mass is 10.2. The van der Waals surface area contributed by atoms with Crippen LogP contribution in [0.4, 0.5) is 5.69 Å². The zero-order valence-corrected chi connectivity index (χ0v) is 14.0. The molecule has 0 unspecified atom stereocenters. The maximum atomic E-state index is 7.65. The first kappa shape index (κ1) is 11.0. The number of hydrogen-bond donors (Lipinski definition) is 1. The van der Waals surface area contributed by atoms with E-state index in [9.17, 15) is 0 Å². The van der Waals surface area contributed by atoms with E-state index in [1.807, 2.05) is 24.3 Å². The molecule has 0 atom stereocenters. The van der Waals surface area contributed by atoms with Gasteiger partial charge in [0.25, 0.3) is 0 Å². The van der Waals surface area contributed by atoms with Gasteiger partial charge in [0.1, 0.15) is 5.75 Å². The smallest absolute Gasteiger partial charge is 0.119 e. The van der Waals surface area contributed by atoms with Crippen LogP contribution in [0.3, 0.4) is 0 Å². The predicted molar refractivity (Wildman–Crippen MR) is 99.2 cm³/mol. The van der Waals surface area contributed by atoms with Crippen LogP contribution in [0.2, 0.25) is 0 Å². The van der Waals surface area contributed by atoms with Crippen LogP contribution in [0.15, 0.2) is 52.3 Å². The molecule has 0 amide bonds. The molecular formula is C19H26N2OS.